The summed E-state index contributed by atoms with van der Waals surface area (Å²) in [4.78, 5) is 12.7. The van der Waals surface area contributed by atoms with Gasteiger partial charge in [0.15, 0.2) is 11.5 Å². The van der Waals surface area contributed by atoms with Crippen LogP contribution in [-0.4, -0.2) is 33.8 Å². The normalized spacial score (nSPS) is 12.9. The quantitative estimate of drug-likeness (QED) is 0.858. The number of benzene rings is 2. The monoisotopic (exact) mass is 360 g/mol. The lowest BCUT2D eigenvalue weighted by atomic mass is 9.99. The predicted molar refractivity (Wildman–Crippen MR) is 95.9 cm³/mol. The molecule has 1 heterocycles. The number of hydrogen-bond donors (Lipinski definition) is 2. The van der Waals surface area contributed by atoms with Crippen LogP contribution in [0.3, 0.4) is 0 Å². The van der Waals surface area contributed by atoms with Crippen LogP contribution in [0, 0.1) is 5.82 Å². The van der Waals surface area contributed by atoms with Gasteiger partial charge in [-0.2, -0.15) is 0 Å². The van der Waals surface area contributed by atoms with Crippen LogP contribution >= 0.6 is 0 Å². The number of carbonyl (C=O) groups is 1. The Kier molecular flexibility index (Phi) is 5.27. The number of fused-ring (bicyclic) bond motifs is 1. The zero-order valence-electron chi connectivity index (χ0n) is 14.9. The van der Waals surface area contributed by atoms with Gasteiger partial charge < -0.3 is 24.8 Å². The third-order valence-electron chi connectivity index (χ3n) is 4.41. The Balaban J connectivity index is 1.93. The van der Waals surface area contributed by atoms with Gasteiger partial charge in [-0.3, -0.25) is 4.79 Å². The number of rotatable bonds is 5. The Hall–Kier alpha value is -2.80. The molecule has 0 unspecified atom stereocenters. The predicted octanol–water partition coefficient (Wildman–Crippen LogP) is 2.75. The molecule has 3 rings (SSSR count). The second-order valence-corrected chi connectivity index (χ2v) is 5.85. The van der Waals surface area contributed by atoms with Gasteiger partial charge in [0.05, 0.1) is 32.6 Å². The summed E-state index contributed by atoms with van der Waals surface area (Å²) in [5, 5.41) is 5.83. The number of nitrogens with one attached hydrogen (secondary N) is 2. The van der Waals surface area contributed by atoms with Crippen molar-refractivity contribution in [3.8, 4) is 17.2 Å². The summed E-state index contributed by atoms with van der Waals surface area (Å²) in [6.07, 6.45) is 0.588. The summed E-state index contributed by atoms with van der Waals surface area (Å²) < 4.78 is 30.5. The third-order valence-corrected chi connectivity index (χ3v) is 4.41. The molecule has 1 amide bonds. The lowest BCUT2D eigenvalue weighted by Crippen LogP contribution is -2.25. The first-order chi connectivity index (χ1) is 12.6. The van der Waals surface area contributed by atoms with Crippen molar-refractivity contribution in [3.63, 3.8) is 0 Å². The van der Waals surface area contributed by atoms with Gasteiger partial charge in [-0.15, -0.1) is 0 Å². The molecule has 0 atom stereocenters. The van der Waals surface area contributed by atoms with Gasteiger partial charge in [0.1, 0.15) is 11.6 Å². The fourth-order valence-electron chi connectivity index (χ4n) is 3.03. The van der Waals surface area contributed by atoms with E-state index >= 15 is 0 Å². The first-order valence-electron chi connectivity index (χ1n) is 8.21. The Bertz CT molecular complexity index is 839. The summed E-state index contributed by atoms with van der Waals surface area (Å²) in [6, 6.07) is 6.47. The smallest absolute Gasteiger partial charge is 0.259 e. The summed E-state index contributed by atoms with van der Waals surface area (Å²) >= 11 is 0. The van der Waals surface area contributed by atoms with Gasteiger partial charge in [-0.1, -0.05) is 6.07 Å². The number of amides is 1. The Labute approximate surface area is 151 Å². The maximum atomic E-state index is 14.8. The van der Waals surface area contributed by atoms with E-state index in [1.54, 1.807) is 12.1 Å². The minimum atomic E-state index is -0.490. The molecule has 138 valence electrons. The molecule has 0 aliphatic carbocycles. The van der Waals surface area contributed by atoms with Crippen LogP contribution in [0.2, 0.25) is 0 Å². The van der Waals surface area contributed by atoms with Crippen molar-refractivity contribution >= 4 is 11.6 Å². The fourth-order valence-corrected chi connectivity index (χ4v) is 3.03. The summed E-state index contributed by atoms with van der Waals surface area (Å²) in [5.41, 5.74) is 1.92. The van der Waals surface area contributed by atoms with Crippen LogP contribution in [0.4, 0.5) is 10.1 Å². The number of halogens is 1. The third kappa shape index (κ3) is 3.30. The molecule has 2 N–H and O–H groups in total. The lowest BCUT2D eigenvalue weighted by Gasteiger charge is -2.20. The van der Waals surface area contributed by atoms with Crippen molar-refractivity contribution in [3.05, 3.63) is 46.8 Å². The van der Waals surface area contributed by atoms with E-state index in [2.05, 4.69) is 10.6 Å². The highest BCUT2D eigenvalue weighted by Crippen LogP contribution is 2.35. The highest BCUT2D eigenvalue weighted by Gasteiger charge is 2.21. The maximum absolute atomic E-state index is 14.8. The molecule has 2 aromatic rings. The van der Waals surface area contributed by atoms with Crippen LogP contribution in [-0.2, 0) is 13.0 Å². The second-order valence-electron chi connectivity index (χ2n) is 5.85. The molecular formula is C19H21FN2O4. The van der Waals surface area contributed by atoms with Gasteiger partial charge in [0, 0.05) is 18.7 Å². The van der Waals surface area contributed by atoms with Gasteiger partial charge in [0.25, 0.3) is 5.91 Å². The summed E-state index contributed by atoms with van der Waals surface area (Å²) in [7, 11) is 4.42. The molecule has 0 fully saturated rings. The molecule has 7 heteroatoms. The highest BCUT2D eigenvalue weighted by atomic mass is 19.1. The van der Waals surface area contributed by atoms with Crippen molar-refractivity contribution < 1.29 is 23.4 Å². The first-order valence-corrected chi connectivity index (χ1v) is 8.21. The average Bonchev–Trinajstić information content (AvgIpc) is 2.69. The molecule has 1 aliphatic heterocycles. The molecule has 2 aromatic carbocycles. The standard InChI is InChI=1S/C19H21FN2O4/c1-24-15-9-17(26-3)16(25-2)8-13(15)19(23)22-14-5-4-11-10-21-7-6-12(11)18(14)20/h4-5,8-9,21H,6-7,10H2,1-3H3,(H,22,23). The van der Waals surface area contributed by atoms with Crippen LogP contribution in [0.5, 0.6) is 17.2 Å². The second kappa shape index (κ2) is 7.61. The van der Waals surface area contributed by atoms with E-state index in [0.29, 0.717) is 42.3 Å². The molecule has 0 saturated carbocycles. The Morgan fingerprint density at radius 2 is 1.77 bits per heavy atom. The van der Waals surface area contributed by atoms with Crippen LogP contribution < -0.4 is 24.8 Å². The van der Waals surface area contributed by atoms with E-state index in [4.69, 9.17) is 14.2 Å². The Morgan fingerprint density at radius 1 is 1.08 bits per heavy atom. The molecule has 6 nitrogen and oxygen atoms in total. The highest BCUT2D eigenvalue weighted by molar-refractivity contribution is 6.06. The molecule has 0 spiro atoms. The number of anilines is 1. The van der Waals surface area contributed by atoms with Crippen molar-refractivity contribution in [2.45, 2.75) is 13.0 Å². The van der Waals surface area contributed by atoms with Gasteiger partial charge in [-0.05, 0) is 30.2 Å². The van der Waals surface area contributed by atoms with Crippen LogP contribution in [0.1, 0.15) is 21.5 Å². The maximum Gasteiger partial charge on any atom is 0.259 e. The fraction of sp³-hybridized carbons (Fsp3) is 0.316. The zero-order valence-corrected chi connectivity index (χ0v) is 14.9. The SMILES string of the molecule is COc1cc(OC)c(C(=O)Nc2ccc3c(c2F)CCNC3)cc1OC. The molecule has 1 aliphatic rings. The molecule has 0 radical (unpaired) electrons. The summed E-state index contributed by atoms with van der Waals surface area (Å²) in [5.74, 6) is 0.249. The van der Waals surface area contributed by atoms with Crippen molar-refractivity contribution in [1.29, 1.82) is 0 Å². The molecule has 0 saturated heterocycles. The van der Waals surface area contributed by atoms with Crippen molar-refractivity contribution in [1.82, 2.24) is 5.32 Å². The van der Waals surface area contributed by atoms with Crippen LogP contribution in [0.15, 0.2) is 24.3 Å². The van der Waals surface area contributed by atoms with Crippen molar-refractivity contribution in [2.24, 2.45) is 0 Å². The van der Waals surface area contributed by atoms with Crippen LogP contribution in [0.25, 0.3) is 0 Å². The minimum absolute atomic E-state index is 0.146. The van der Waals surface area contributed by atoms with Gasteiger partial charge >= 0.3 is 0 Å². The van der Waals surface area contributed by atoms with Crippen molar-refractivity contribution in [2.75, 3.05) is 33.2 Å². The zero-order chi connectivity index (χ0) is 18.7. The first kappa shape index (κ1) is 18.0. The van der Waals surface area contributed by atoms with E-state index in [1.165, 1.54) is 27.4 Å². The largest absolute Gasteiger partial charge is 0.496 e. The topological polar surface area (TPSA) is 68.8 Å². The summed E-state index contributed by atoms with van der Waals surface area (Å²) in [6.45, 7) is 1.34. The lowest BCUT2D eigenvalue weighted by molar-refractivity contribution is 0.102. The van der Waals surface area contributed by atoms with Gasteiger partial charge in [0.2, 0.25) is 0 Å². The number of methoxy groups -OCH3 is 3. The number of carbonyl (C=O) groups excluding carboxylic acids is 1. The molecular weight excluding hydrogens is 339 g/mol. The number of hydrogen-bond acceptors (Lipinski definition) is 5. The van der Waals surface area contributed by atoms with E-state index in [0.717, 1.165) is 5.56 Å². The molecule has 26 heavy (non-hydrogen) atoms. The minimum Gasteiger partial charge on any atom is -0.496 e. The number of ether oxygens (including phenoxy) is 3. The van der Waals surface area contributed by atoms with Gasteiger partial charge in [-0.25, -0.2) is 4.39 Å². The van der Waals surface area contributed by atoms with E-state index in [9.17, 15) is 9.18 Å². The molecule has 0 bridgehead atoms. The van der Waals surface area contributed by atoms with E-state index in [-0.39, 0.29) is 11.3 Å². The molecule has 0 aromatic heterocycles. The Morgan fingerprint density at radius 3 is 2.46 bits per heavy atom. The van der Waals surface area contributed by atoms with E-state index in [1.807, 2.05) is 6.07 Å². The average molecular weight is 360 g/mol. The van der Waals surface area contributed by atoms with E-state index < -0.39 is 11.7 Å².